The van der Waals surface area contributed by atoms with Crippen molar-refractivity contribution in [1.82, 2.24) is 10.3 Å². The van der Waals surface area contributed by atoms with Crippen LogP contribution in [0.2, 0.25) is 0 Å². The zero-order valence-corrected chi connectivity index (χ0v) is 5.73. The fraction of sp³-hybridized carbons (Fsp3) is 0. The van der Waals surface area contributed by atoms with Crippen molar-refractivity contribution in [2.75, 3.05) is 0 Å². The predicted molar refractivity (Wildman–Crippen MR) is 38.6 cm³/mol. The second-order valence-corrected chi connectivity index (χ2v) is 1.37. The van der Waals surface area contributed by atoms with Gasteiger partial charge in [0.15, 0.2) is 12.4 Å². The van der Waals surface area contributed by atoms with Gasteiger partial charge in [0, 0.05) is 12.4 Å². The zero-order valence-electron chi connectivity index (χ0n) is 5.73. The molecule has 4 heteroatoms. The summed E-state index contributed by atoms with van der Waals surface area (Å²) in [6.45, 7) is 0. The largest absolute Gasteiger partial charge is 0.265 e. The van der Waals surface area contributed by atoms with Gasteiger partial charge in [-0.15, -0.1) is 0 Å². The Morgan fingerprint density at radius 1 is 1.00 bits per heavy atom. The van der Waals surface area contributed by atoms with Gasteiger partial charge < -0.3 is 0 Å². The second kappa shape index (κ2) is 7.93. The number of hydrogen-bond acceptors (Lipinski definition) is 4. The quantitative estimate of drug-likeness (QED) is 0.430. The van der Waals surface area contributed by atoms with E-state index in [4.69, 9.17) is 10.5 Å². The van der Waals surface area contributed by atoms with Gasteiger partial charge in [0.25, 0.3) is 0 Å². The van der Waals surface area contributed by atoms with Gasteiger partial charge in [-0.2, -0.15) is 10.5 Å². The lowest BCUT2D eigenvalue weighted by molar-refractivity contribution is 1.20. The van der Waals surface area contributed by atoms with Gasteiger partial charge in [0.1, 0.15) is 0 Å². The van der Waals surface area contributed by atoms with E-state index in [0.29, 0.717) is 0 Å². The number of pyridine rings is 1. The molecule has 0 aliphatic carbocycles. The Kier molecular flexibility index (Phi) is 6.44. The van der Waals surface area contributed by atoms with Gasteiger partial charge >= 0.3 is 0 Å². The molecule has 0 bridgehead atoms. The number of aromatic nitrogens is 1. The topological polar surface area (TPSA) is 72.5 Å². The number of nitrogens with zero attached hydrogens (tertiary/aromatic N) is 3. The Balaban J connectivity index is 0.000000187. The van der Waals surface area contributed by atoms with Crippen LogP contribution in [0.5, 0.6) is 0 Å². The lowest BCUT2D eigenvalue weighted by Gasteiger charge is -1.70. The molecule has 1 heterocycles. The van der Waals surface area contributed by atoms with Gasteiger partial charge in [-0.1, -0.05) is 6.07 Å². The molecular formula is C7H6N4. The van der Waals surface area contributed by atoms with Crippen LogP contribution in [0, 0.1) is 22.9 Å². The molecule has 0 aromatic carbocycles. The van der Waals surface area contributed by atoms with E-state index in [0.717, 1.165) is 0 Å². The highest BCUT2D eigenvalue weighted by Gasteiger charge is 1.58. The molecule has 0 fully saturated rings. The van der Waals surface area contributed by atoms with Crippen LogP contribution in [-0.4, -0.2) is 4.98 Å². The molecule has 0 saturated heterocycles. The smallest absolute Gasteiger partial charge is 0.190 e. The fourth-order valence-corrected chi connectivity index (χ4v) is 0.338. The summed E-state index contributed by atoms with van der Waals surface area (Å²) in [4.78, 5) is 3.78. The molecule has 1 aromatic heterocycles. The Hall–Kier alpha value is -2.07. The standard InChI is InChI=1S/C5H5N.C2HN3/c1-2-4-6-5-3-1;3-1-5-2-4/h1-5H;5H. The Morgan fingerprint density at radius 2 is 1.55 bits per heavy atom. The van der Waals surface area contributed by atoms with Gasteiger partial charge in [0.05, 0.1) is 0 Å². The van der Waals surface area contributed by atoms with Crippen LogP contribution in [0.1, 0.15) is 0 Å². The van der Waals surface area contributed by atoms with Crippen LogP contribution < -0.4 is 5.32 Å². The van der Waals surface area contributed by atoms with Gasteiger partial charge in [-0.25, -0.2) is 5.32 Å². The molecule has 0 aliphatic rings. The van der Waals surface area contributed by atoms with E-state index in [9.17, 15) is 0 Å². The maximum atomic E-state index is 7.48. The predicted octanol–water partition coefficient (Wildman–Crippen LogP) is 0.620. The van der Waals surface area contributed by atoms with Crippen molar-refractivity contribution in [3.8, 4) is 12.4 Å². The SMILES string of the molecule is N#CNC#N.c1ccncc1. The molecule has 0 spiro atoms. The van der Waals surface area contributed by atoms with Crippen molar-refractivity contribution in [3.05, 3.63) is 30.6 Å². The maximum absolute atomic E-state index is 7.48. The van der Waals surface area contributed by atoms with Crippen molar-refractivity contribution in [2.45, 2.75) is 0 Å². The summed E-state index contributed by atoms with van der Waals surface area (Å²) in [5, 5.41) is 16.7. The Morgan fingerprint density at radius 3 is 1.64 bits per heavy atom. The molecule has 4 nitrogen and oxygen atoms in total. The first-order valence-electron chi connectivity index (χ1n) is 2.80. The molecular weight excluding hydrogens is 140 g/mol. The molecule has 1 aromatic rings. The maximum Gasteiger partial charge on any atom is 0.190 e. The van der Waals surface area contributed by atoms with Crippen molar-refractivity contribution >= 4 is 0 Å². The summed E-state index contributed by atoms with van der Waals surface area (Å²) in [6.07, 6.45) is 6.31. The molecule has 1 rings (SSSR count). The monoisotopic (exact) mass is 146 g/mol. The average Bonchev–Trinajstić information content (AvgIpc) is 2.10. The molecule has 0 aliphatic heterocycles. The summed E-state index contributed by atoms with van der Waals surface area (Å²) >= 11 is 0. The van der Waals surface area contributed by atoms with Crippen LogP contribution in [0.3, 0.4) is 0 Å². The third kappa shape index (κ3) is 7.93. The third-order valence-corrected chi connectivity index (χ3v) is 0.678. The van der Waals surface area contributed by atoms with Crippen LogP contribution in [0.4, 0.5) is 0 Å². The molecule has 1 N–H and O–H groups in total. The summed E-state index contributed by atoms with van der Waals surface area (Å²) in [6, 6.07) is 5.72. The van der Waals surface area contributed by atoms with Crippen LogP contribution in [0.25, 0.3) is 0 Å². The third-order valence-electron chi connectivity index (χ3n) is 0.678. The Bertz CT molecular complexity index is 205. The minimum atomic E-state index is 1.41. The minimum absolute atomic E-state index is 1.41. The lowest BCUT2D eigenvalue weighted by Crippen LogP contribution is -1.88. The summed E-state index contributed by atoms with van der Waals surface area (Å²) in [5.74, 6) is 0. The van der Waals surface area contributed by atoms with E-state index in [1.165, 1.54) is 12.4 Å². The van der Waals surface area contributed by atoms with E-state index in [1.807, 2.05) is 18.2 Å². The Labute approximate surface area is 64.7 Å². The van der Waals surface area contributed by atoms with Gasteiger partial charge in [-0.05, 0) is 12.1 Å². The van der Waals surface area contributed by atoms with Crippen molar-refractivity contribution in [1.29, 1.82) is 10.5 Å². The first-order valence-corrected chi connectivity index (χ1v) is 2.80. The van der Waals surface area contributed by atoms with E-state index in [1.54, 1.807) is 17.7 Å². The van der Waals surface area contributed by atoms with E-state index >= 15 is 0 Å². The zero-order chi connectivity index (χ0) is 8.36. The van der Waals surface area contributed by atoms with Crippen LogP contribution >= 0.6 is 0 Å². The molecule has 11 heavy (non-hydrogen) atoms. The second-order valence-electron chi connectivity index (χ2n) is 1.37. The molecule has 0 atom stereocenters. The average molecular weight is 146 g/mol. The van der Waals surface area contributed by atoms with Gasteiger partial charge in [-0.3, -0.25) is 4.98 Å². The molecule has 0 amide bonds. The molecule has 0 unspecified atom stereocenters. The number of rotatable bonds is 0. The minimum Gasteiger partial charge on any atom is -0.265 e. The van der Waals surface area contributed by atoms with Crippen LogP contribution in [-0.2, 0) is 0 Å². The van der Waals surface area contributed by atoms with Crippen molar-refractivity contribution in [3.63, 3.8) is 0 Å². The lowest BCUT2D eigenvalue weighted by atomic mass is 10.5. The van der Waals surface area contributed by atoms with Crippen molar-refractivity contribution in [2.24, 2.45) is 0 Å². The van der Waals surface area contributed by atoms with Crippen LogP contribution in [0.15, 0.2) is 30.6 Å². The van der Waals surface area contributed by atoms with Gasteiger partial charge in [0.2, 0.25) is 0 Å². The highest BCUT2D eigenvalue weighted by Crippen LogP contribution is 1.73. The number of hydrogen-bond donors (Lipinski definition) is 1. The highest BCUT2D eigenvalue weighted by atomic mass is 14.8. The number of nitriles is 2. The number of nitrogens with one attached hydrogen (secondary N) is 1. The fourth-order valence-electron chi connectivity index (χ4n) is 0.338. The van der Waals surface area contributed by atoms with Crippen molar-refractivity contribution < 1.29 is 0 Å². The summed E-state index contributed by atoms with van der Waals surface area (Å²) < 4.78 is 0. The van der Waals surface area contributed by atoms with E-state index in [2.05, 4.69) is 4.98 Å². The summed E-state index contributed by atoms with van der Waals surface area (Å²) in [7, 11) is 0. The molecule has 0 radical (unpaired) electrons. The van der Waals surface area contributed by atoms with E-state index < -0.39 is 0 Å². The summed E-state index contributed by atoms with van der Waals surface area (Å²) in [5.41, 5.74) is 0. The first-order chi connectivity index (χ1) is 5.41. The molecule has 54 valence electrons. The highest BCUT2D eigenvalue weighted by molar-refractivity contribution is 4.88. The first kappa shape index (κ1) is 8.93. The normalized spacial score (nSPS) is 6.00. The molecule has 0 saturated carbocycles. The van der Waals surface area contributed by atoms with E-state index in [-0.39, 0.29) is 0 Å².